The van der Waals surface area contributed by atoms with Gasteiger partial charge in [0.05, 0.1) is 11.8 Å². The van der Waals surface area contributed by atoms with Gasteiger partial charge in [0.25, 0.3) is 0 Å². The van der Waals surface area contributed by atoms with Crippen molar-refractivity contribution in [3.8, 4) is 0 Å². The van der Waals surface area contributed by atoms with E-state index in [2.05, 4.69) is 21.7 Å². The molecule has 1 unspecified atom stereocenters. The molecule has 1 N–H and O–H groups in total. The van der Waals surface area contributed by atoms with Crippen LogP contribution in [-0.2, 0) is 13.0 Å². The van der Waals surface area contributed by atoms with Gasteiger partial charge in [0.1, 0.15) is 0 Å². The Bertz CT molecular complexity index is 589. The van der Waals surface area contributed by atoms with Crippen LogP contribution in [0.25, 0.3) is 0 Å². The minimum absolute atomic E-state index is 0.342. The summed E-state index contributed by atoms with van der Waals surface area (Å²) in [6.45, 7) is 0.955. The number of nitrogens with zero attached hydrogens (tertiary/aromatic N) is 2. The topological polar surface area (TPSA) is 36.4 Å². The maximum atomic E-state index is 10.1. The largest absolute Gasteiger partial charge is 0.387 e. The van der Waals surface area contributed by atoms with Crippen LogP contribution in [0.4, 0.5) is 5.13 Å². The standard InChI is InChI=1S/C15H18N2OS2/c18-12-2-1-3-13-14(12)16-15(20-13)17(11-4-5-11)8-10-6-7-19-9-10/h6-7,9,11-12,18H,1-5,8H2. The molecule has 2 aromatic heterocycles. The smallest absolute Gasteiger partial charge is 0.186 e. The fraction of sp³-hybridized carbons (Fsp3) is 0.533. The first-order valence-corrected chi connectivity index (χ1v) is 9.02. The van der Waals surface area contributed by atoms with Gasteiger partial charge >= 0.3 is 0 Å². The van der Waals surface area contributed by atoms with E-state index in [0.29, 0.717) is 6.04 Å². The van der Waals surface area contributed by atoms with Gasteiger partial charge in [-0.3, -0.25) is 0 Å². The lowest BCUT2D eigenvalue weighted by Crippen LogP contribution is -2.24. The molecule has 2 aliphatic carbocycles. The summed E-state index contributed by atoms with van der Waals surface area (Å²) in [5.74, 6) is 0. The lowest BCUT2D eigenvalue weighted by Gasteiger charge is -2.20. The molecule has 0 radical (unpaired) electrons. The summed E-state index contributed by atoms with van der Waals surface area (Å²) in [5, 5.41) is 15.6. The van der Waals surface area contributed by atoms with Gasteiger partial charge in [0.2, 0.25) is 0 Å². The number of aliphatic hydroxyl groups is 1. The number of rotatable bonds is 4. The number of fused-ring (bicyclic) bond motifs is 1. The molecule has 5 heteroatoms. The van der Waals surface area contributed by atoms with Crippen molar-refractivity contribution in [2.75, 3.05) is 4.90 Å². The van der Waals surface area contributed by atoms with Gasteiger partial charge in [-0.1, -0.05) is 0 Å². The highest BCUT2D eigenvalue weighted by Crippen LogP contribution is 2.40. The van der Waals surface area contributed by atoms with Crippen LogP contribution in [0.3, 0.4) is 0 Å². The second kappa shape index (κ2) is 5.13. The van der Waals surface area contributed by atoms with E-state index in [1.165, 1.54) is 23.3 Å². The number of hydrogen-bond acceptors (Lipinski definition) is 5. The Hall–Kier alpha value is -0.910. The Labute approximate surface area is 126 Å². The lowest BCUT2D eigenvalue weighted by atomic mass is 10.0. The van der Waals surface area contributed by atoms with E-state index in [1.54, 1.807) is 22.7 Å². The van der Waals surface area contributed by atoms with Gasteiger partial charge in [0.15, 0.2) is 5.13 Å². The van der Waals surface area contributed by atoms with Crippen LogP contribution in [0.5, 0.6) is 0 Å². The predicted octanol–water partition coefficient (Wildman–Crippen LogP) is 3.74. The summed E-state index contributed by atoms with van der Waals surface area (Å²) in [5.41, 5.74) is 2.32. The third-order valence-corrected chi connectivity index (χ3v) is 5.98. The summed E-state index contributed by atoms with van der Waals surface area (Å²) in [6, 6.07) is 2.85. The average Bonchev–Trinajstić information content (AvgIpc) is 2.99. The van der Waals surface area contributed by atoms with E-state index >= 15 is 0 Å². The molecule has 1 fully saturated rings. The highest BCUT2D eigenvalue weighted by atomic mass is 32.1. The number of thiazole rings is 1. The number of aryl methyl sites for hydroxylation is 1. The van der Waals surface area contributed by atoms with Crippen molar-refractivity contribution < 1.29 is 5.11 Å². The second-order valence-corrected chi connectivity index (χ2v) is 7.55. The van der Waals surface area contributed by atoms with Crippen LogP contribution in [0, 0.1) is 0 Å². The molecule has 0 amide bonds. The molecule has 0 saturated heterocycles. The van der Waals surface area contributed by atoms with Gasteiger partial charge in [-0.05, 0) is 54.5 Å². The fourth-order valence-corrected chi connectivity index (χ4v) is 4.71. The van der Waals surface area contributed by atoms with Crippen LogP contribution >= 0.6 is 22.7 Å². The van der Waals surface area contributed by atoms with Crippen LogP contribution in [0.2, 0.25) is 0 Å². The average molecular weight is 306 g/mol. The Kier molecular flexibility index (Phi) is 3.28. The van der Waals surface area contributed by atoms with E-state index in [1.807, 2.05) is 0 Å². The molecule has 106 valence electrons. The SMILES string of the molecule is OC1CCCc2sc(N(Cc3ccsc3)C3CC3)nc21. The third-order valence-electron chi connectivity index (χ3n) is 4.08. The number of hydrogen-bond donors (Lipinski definition) is 1. The number of aliphatic hydroxyl groups excluding tert-OH is 1. The first-order valence-electron chi connectivity index (χ1n) is 7.26. The number of aromatic nitrogens is 1. The van der Waals surface area contributed by atoms with Crippen molar-refractivity contribution in [3.63, 3.8) is 0 Å². The molecule has 2 aromatic rings. The van der Waals surface area contributed by atoms with Gasteiger partial charge in [-0.2, -0.15) is 11.3 Å². The Morgan fingerprint density at radius 3 is 2.95 bits per heavy atom. The molecule has 1 atom stereocenters. The first kappa shape index (κ1) is 12.8. The van der Waals surface area contributed by atoms with Crippen molar-refractivity contribution in [1.82, 2.24) is 4.98 Å². The van der Waals surface area contributed by atoms with E-state index in [9.17, 15) is 5.11 Å². The highest BCUT2D eigenvalue weighted by Gasteiger charge is 2.33. The molecule has 0 spiro atoms. The van der Waals surface area contributed by atoms with Gasteiger partial charge in [-0.15, -0.1) is 11.3 Å². The van der Waals surface area contributed by atoms with E-state index in [0.717, 1.165) is 36.6 Å². The summed E-state index contributed by atoms with van der Waals surface area (Å²) < 4.78 is 0. The van der Waals surface area contributed by atoms with Crippen molar-refractivity contribution >= 4 is 27.8 Å². The third kappa shape index (κ3) is 2.38. The van der Waals surface area contributed by atoms with Crippen LogP contribution in [0.1, 0.15) is 47.9 Å². The minimum atomic E-state index is -0.342. The molecule has 4 rings (SSSR count). The summed E-state index contributed by atoms with van der Waals surface area (Å²) in [4.78, 5) is 8.51. The molecule has 2 aliphatic rings. The lowest BCUT2D eigenvalue weighted by molar-refractivity contribution is 0.153. The maximum absolute atomic E-state index is 10.1. The number of anilines is 1. The zero-order valence-corrected chi connectivity index (χ0v) is 12.9. The van der Waals surface area contributed by atoms with Crippen molar-refractivity contribution in [2.45, 2.75) is 50.8 Å². The van der Waals surface area contributed by atoms with Crippen LogP contribution in [0.15, 0.2) is 16.8 Å². The molecule has 2 heterocycles. The summed E-state index contributed by atoms with van der Waals surface area (Å²) in [6.07, 6.45) is 5.24. The fourth-order valence-electron chi connectivity index (χ4n) is 2.82. The first-order chi connectivity index (χ1) is 9.81. The normalized spacial score (nSPS) is 21.8. The Balaban J connectivity index is 1.63. The second-order valence-electron chi connectivity index (χ2n) is 5.70. The molecular weight excluding hydrogens is 288 g/mol. The highest BCUT2D eigenvalue weighted by molar-refractivity contribution is 7.15. The molecule has 0 bridgehead atoms. The zero-order valence-electron chi connectivity index (χ0n) is 11.3. The van der Waals surface area contributed by atoms with Crippen molar-refractivity contribution in [1.29, 1.82) is 0 Å². The van der Waals surface area contributed by atoms with Crippen LogP contribution in [-0.4, -0.2) is 16.1 Å². The monoisotopic (exact) mass is 306 g/mol. The molecule has 1 saturated carbocycles. The predicted molar refractivity (Wildman–Crippen MR) is 83.5 cm³/mol. The quantitative estimate of drug-likeness (QED) is 0.934. The van der Waals surface area contributed by atoms with Gasteiger partial charge in [-0.25, -0.2) is 4.98 Å². The minimum Gasteiger partial charge on any atom is -0.387 e. The van der Waals surface area contributed by atoms with E-state index in [4.69, 9.17) is 4.98 Å². The summed E-state index contributed by atoms with van der Waals surface area (Å²) >= 11 is 3.55. The van der Waals surface area contributed by atoms with Crippen LogP contribution < -0.4 is 4.90 Å². The van der Waals surface area contributed by atoms with E-state index < -0.39 is 0 Å². The van der Waals surface area contributed by atoms with Crippen molar-refractivity contribution in [3.05, 3.63) is 33.0 Å². The molecule has 3 nitrogen and oxygen atoms in total. The van der Waals surface area contributed by atoms with Crippen molar-refractivity contribution in [2.24, 2.45) is 0 Å². The molecular formula is C15H18N2OS2. The maximum Gasteiger partial charge on any atom is 0.186 e. The Morgan fingerprint density at radius 1 is 1.35 bits per heavy atom. The molecule has 0 aromatic carbocycles. The van der Waals surface area contributed by atoms with E-state index in [-0.39, 0.29) is 6.10 Å². The molecule has 20 heavy (non-hydrogen) atoms. The van der Waals surface area contributed by atoms with Gasteiger partial charge in [0, 0.05) is 17.5 Å². The molecule has 0 aliphatic heterocycles. The van der Waals surface area contributed by atoms with Gasteiger partial charge < -0.3 is 10.0 Å². The zero-order chi connectivity index (χ0) is 13.5. The summed E-state index contributed by atoms with van der Waals surface area (Å²) in [7, 11) is 0. The number of thiophene rings is 1. The Morgan fingerprint density at radius 2 is 2.25 bits per heavy atom.